The molecule has 0 aliphatic carbocycles. The fraction of sp³-hybridized carbons (Fsp3) is 0.500. The lowest BCUT2D eigenvalue weighted by molar-refractivity contribution is 0.177. The maximum atomic E-state index is 12.4. The Balaban J connectivity index is 1.62. The second kappa shape index (κ2) is 7.23. The van der Waals surface area contributed by atoms with Crippen molar-refractivity contribution in [3.8, 4) is 0 Å². The lowest BCUT2D eigenvalue weighted by Crippen LogP contribution is -2.43. The molecule has 1 aliphatic heterocycles. The fourth-order valence-corrected chi connectivity index (χ4v) is 3.38. The molecule has 0 saturated carbocycles. The quantitative estimate of drug-likeness (QED) is 0.894. The van der Waals surface area contributed by atoms with Gasteiger partial charge in [-0.25, -0.2) is 14.5 Å². The average Bonchev–Trinajstić information content (AvgIpc) is 2.93. The predicted octanol–water partition coefficient (Wildman–Crippen LogP) is 2.49. The summed E-state index contributed by atoms with van der Waals surface area (Å²) in [6.45, 7) is 7.11. The fourth-order valence-electron chi connectivity index (χ4n) is 3.38. The highest BCUT2D eigenvalue weighted by molar-refractivity contribution is 5.91. The minimum absolute atomic E-state index is 0.0376. The second-order valence-corrected chi connectivity index (χ2v) is 6.67. The van der Waals surface area contributed by atoms with Crippen LogP contribution in [-0.2, 0) is 24.3 Å². The summed E-state index contributed by atoms with van der Waals surface area (Å²) in [5.41, 5.74) is 4.21. The molecular formula is C18H25N5O2. The Labute approximate surface area is 147 Å². The van der Waals surface area contributed by atoms with E-state index in [0.717, 1.165) is 35.5 Å². The number of carbonyl (C=O) groups excluding carboxylic acids is 1. The number of carbonyl (C=O) groups is 1. The van der Waals surface area contributed by atoms with Gasteiger partial charge in [-0.05, 0) is 38.3 Å². The van der Waals surface area contributed by atoms with Crippen LogP contribution in [0.25, 0.3) is 0 Å². The zero-order valence-electron chi connectivity index (χ0n) is 15.2. The van der Waals surface area contributed by atoms with E-state index in [0.29, 0.717) is 19.0 Å². The topological polar surface area (TPSA) is 81.1 Å². The van der Waals surface area contributed by atoms with Gasteiger partial charge in [-0.1, -0.05) is 17.7 Å². The van der Waals surface area contributed by atoms with Gasteiger partial charge >= 0.3 is 6.03 Å². The zero-order valence-corrected chi connectivity index (χ0v) is 15.2. The molecule has 7 nitrogen and oxygen atoms in total. The Hall–Kier alpha value is -2.41. The number of ether oxygens (including phenoxy) is 1. The maximum Gasteiger partial charge on any atom is 0.319 e. The molecule has 0 unspecified atom stereocenters. The van der Waals surface area contributed by atoms with Crippen molar-refractivity contribution in [1.82, 2.24) is 20.1 Å². The Bertz CT molecular complexity index is 761. The SMILES string of the molecule is COCc1nc2n(n1)C[C@H](NC(=O)Nc1c(C)cc(C)cc1C)CC2. The van der Waals surface area contributed by atoms with Gasteiger partial charge in [0.1, 0.15) is 12.4 Å². The molecule has 7 heteroatoms. The van der Waals surface area contributed by atoms with Crippen LogP contribution in [0.2, 0.25) is 0 Å². The number of hydrogen-bond donors (Lipinski definition) is 2. The first-order chi connectivity index (χ1) is 12.0. The highest BCUT2D eigenvalue weighted by Crippen LogP contribution is 2.22. The Kier molecular flexibility index (Phi) is 5.03. The van der Waals surface area contributed by atoms with Crippen molar-refractivity contribution in [1.29, 1.82) is 0 Å². The molecule has 0 spiro atoms. The van der Waals surface area contributed by atoms with E-state index < -0.39 is 0 Å². The number of aromatic nitrogens is 3. The largest absolute Gasteiger partial charge is 0.377 e. The molecular weight excluding hydrogens is 318 g/mol. The number of urea groups is 1. The summed E-state index contributed by atoms with van der Waals surface area (Å²) in [7, 11) is 1.63. The molecule has 3 rings (SSSR count). The van der Waals surface area contributed by atoms with E-state index >= 15 is 0 Å². The van der Waals surface area contributed by atoms with E-state index in [9.17, 15) is 4.79 Å². The number of anilines is 1. The van der Waals surface area contributed by atoms with Gasteiger partial charge in [0.2, 0.25) is 0 Å². The average molecular weight is 343 g/mol. The molecule has 1 aromatic heterocycles. The van der Waals surface area contributed by atoms with Gasteiger partial charge < -0.3 is 15.4 Å². The minimum atomic E-state index is -0.180. The zero-order chi connectivity index (χ0) is 18.0. The molecule has 2 heterocycles. The highest BCUT2D eigenvalue weighted by atomic mass is 16.5. The van der Waals surface area contributed by atoms with E-state index in [1.54, 1.807) is 7.11 Å². The van der Waals surface area contributed by atoms with E-state index in [2.05, 4.69) is 39.8 Å². The van der Waals surface area contributed by atoms with Crippen molar-refractivity contribution in [2.75, 3.05) is 12.4 Å². The summed E-state index contributed by atoms with van der Waals surface area (Å²) < 4.78 is 6.94. The van der Waals surface area contributed by atoms with Crippen molar-refractivity contribution < 1.29 is 9.53 Å². The van der Waals surface area contributed by atoms with Crippen LogP contribution >= 0.6 is 0 Å². The van der Waals surface area contributed by atoms with Crippen LogP contribution in [0.15, 0.2) is 12.1 Å². The number of hydrogen-bond acceptors (Lipinski definition) is 4. The van der Waals surface area contributed by atoms with Gasteiger partial charge in [0.15, 0.2) is 5.82 Å². The lowest BCUT2D eigenvalue weighted by Gasteiger charge is -2.24. The number of nitrogens with zero attached hydrogens (tertiary/aromatic N) is 3. The van der Waals surface area contributed by atoms with E-state index in [1.807, 2.05) is 18.5 Å². The number of amides is 2. The van der Waals surface area contributed by atoms with E-state index in [-0.39, 0.29) is 12.1 Å². The first kappa shape index (κ1) is 17.4. The van der Waals surface area contributed by atoms with Crippen molar-refractivity contribution in [2.45, 2.75) is 52.8 Å². The van der Waals surface area contributed by atoms with Crippen LogP contribution in [0.1, 0.15) is 34.8 Å². The Morgan fingerprint density at radius 2 is 2.04 bits per heavy atom. The van der Waals surface area contributed by atoms with E-state index in [1.165, 1.54) is 5.56 Å². The number of rotatable bonds is 4. The Morgan fingerprint density at radius 3 is 2.72 bits per heavy atom. The number of benzene rings is 1. The number of nitrogens with one attached hydrogen (secondary N) is 2. The summed E-state index contributed by atoms with van der Waals surface area (Å²) in [5.74, 6) is 1.64. The van der Waals surface area contributed by atoms with Crippen LogP contribution in [0.4, 0.5) is 10.5 Å². The van der Waals surface area contributed by atoms with Gasteiger partial charge in [0.25, 0.3) is 0 Å². The number of fused-ring (bicyclic) bond motifs is 1. The van der Waals surface area contributed by atoms with Gasteiger partial charge in [0.05, 0.1) is 12.6 Å². The van der Waals surface area contributed by atoms with Crippen molar-refractivity contribution in [3.05, 3.63) is 40.5 Å². The molecule has 25 heavy (non-hydrogen) atoms. The van der Waals surface area contributed by atoms with Crippen LogP contribution < -0.4 is 10.6 Å². The predicted molar refractivity (Wildman–Crippen MR) is 95.7 cm³/mol. The first-order valence-electron chi connectivity index (χ1n) is 8.53. The van der Waals surface area contributed by atoms with Crippen LogP contribution in [-0.4, -0.2) is 33.9 Å². The van der Waals surface area contributed by atoms with Gasteiger partial charge in [-0.3, -0.25) is 0 Å². The smallest absolute Gasteiger partial charge is 0.319 e. The van der Waals surface area contributed by atoms with Crippen molar-refractivity contribution >= 4 is 11.7 Å². The molecule has 0 saturated heterocycles. The second-order valence-electron chi connectivity index (χ2n) is 6.67. The summed E-state index contributed by atoms with van der Waals surface area (Å²) in [6, 6.07) is 4.00. The summed E-state index contributed by atoms with van der Waals surface area (Å²) >= 11 is 0. The third-order valence-electron chi connectivity index (χ3n) is 4.43. The molecule has 1 aliphatic rings. The summed E-state index contributed by atoms with van der Waals surface area (Å²) in [5, 5.41) is 10.5. The molecule has 0 fully saturated rings. The third-order valence-corrected chi connectivity index (χ3v) is 4.43. The van der Waals surface area contributed by atoms with Gasteiger partial charge in [0, 0.05) is 19.2 Å². The van der Waals surface area contributed by atoms with Gasteiger partial charge in [-0.2, -0.15) is 5.10 Å². The Morgan fingerprint density at radius 1 is 1.32 bits per heavy atom. The van der Waals surface area contributed by atoms with Crippen LogP contribution in [0, 0.1) is 20.8 Å². The first-order valence-corrected chi connectivity index (χ1v) is 8.53. The third kappa shape index (κ3) is 3.99. The van der Waals surface area contributed by atoms with Crippen LogP contribution in [0.5, 0.6) is 0 Å². The number of aryl methyl sites for hydroxylation is 4. The molecule has 134 valence electrons. The molecule has 1 atom stereocenters. The highest BCUT2D eigenvalue weighted by Gasteiger charge is 2.23. The lowest BCUT2D eigenvalue weighted by atomic mass is 10.1. The van der Waals surface area contributed by atoms with Crippen molar-refractivity contribution in [2.24, 2.45) is 0 Å². The standard InChI is InChI=1S/C18H25N5O2/c1-11-7-12(2)17(13(3)8-11)21-18(24)19-14-5-6-16-20-15(10-25-4)22-23(16)9-14/h7-8,14H,5-6,9-10H2,1-4H3,(H2,19,21,24)/t14-/m1/s1. The molecule has 2 amide bonds. The normalized spacial score (nSPS) is 16.4. The number of methoxy groups -OCH3 is 1. The maximum absolute atomic E-state index is 12.4. The van der Waals surface area contributed by atoms with E-state index in [4.69, 9.17) is 4.74 Å². The van der Waals surface area contributed by atoms with Gasteiger partial charge in [-0.15, -0.1) is 0 Å². The summed E-state index contributed by atoms with van der Waals surface area (Å²) in [6.07, 6.45) is 1.65. The minimum Gasteiger partial charge on any atom is -0.377 e. The molecule has 0 radical (unpaired) electrons. The molecule has 2 N–H and O–H groups in total. The summed E-state index contributed by atoms with van der Waals surface area (Å²) in [4.78, 5) is 16.9. The van der Waals surface area contributed by atoms with Crippen LogP contribution in [0.3, 0.4) is 0 Å². The monoisotopic (exact) mass is 343 g/mol. The molecule has 0 bridgehead atoms. The molecule has 1 aromatic carbocycles. The molecule has 2 aromatic rings. The van der Waals surface area contributed by atoms with Crippen molar-refractivity contribution in [3.63, 3.8) is 0 Å².